The summed E-state index contributed by atoms with van der Waals surface area (Å²) in [5.74, 6) is -3.15. The lowest BCUT2D eigenvalue weighted by molar-refractivity contribution is -0.132. The van der Waals surface area contributed by atoms with Crippen molar-refractivity contribution in [3.05, 3.63) is 55.7 Å². The van der Waals surface area contributed by atoms with Crippen molar-refractivity contribution in [1.82, 2.24) is 14.4 Å². The Morgan fingerprint density at radius 1 is 0.821 bits per heavy atom. The van der Waals surface area contributed by atoms with E-state index in [9.17, 15) is 28.8 Å². The van der Waals surface area contributed by atoms with Gasteiger partial charge in [-0.25, -0.2) is 9.59 Å². The van der Waals surface area contributed by atoms with Gasteiger partial charge in [0.25, 0.3) is 11.8 Å². The van der Waals surface area contributed by atoms with Gasteiger partial charge in [0.05, 0.1) is 10.9 Å². The highest BCUT2D eigenvalue weighted by atomic mass is 16.5. The molecule has 0 atom stereocenters. The van der Waals surface area contributed by atoms with Crippen molar-refractivity contribution >= 4 is 45.6 Å². The Kier molecular flexibility index (Phi) is 8.89. The number of benzene rings is 1. The van der Waals surface area contributed by atoms with E-state index in [4.69, 9.17) is 13.9 Å². The molecule has 0 aliphatic carbocycles. The summed E-state index contributed by atoms with van der Waals surface area (Å²) < 4.78 is 17.6. The van der Waals surface area contributed by atoms with Crippen molar-refractivity contribution in [2.45, 2.75) is 33.2 Å². The van der Waals surface area contributed by atoms with Crippen LogP contribution in [0.5, 0.6) is 0 Å². The summed E-state index contributed by atoms with van der Waals surface area (Å²) in [6, 6.07) is 3.45. The van der Waals surface area contributed by atoms with Crippen molar-refractivity contribution in [3.63, 3.8) is 0 Å². The molecule has 3 rings (SSSR count). The molecule has 0 saturated carbocycles. The fourth-order valence-corrected chi connectivity index (χ4v) is 3.98. The van der Waals surface area contributed by atoms with E-state index in [1.54, 1.807) is 11.5 Å². The lowest BCUT2D eigenvalue weighted by Crippen LogP contribution is -2.29. The molecule has 0 aliphatic rings. The normalized spacial score (nSPS) is 10.9. The van der Waals surface area contributed by atoms with Crippen LogP contribution in [0.2, 0.25) is 0 Å². The molecule has 0 spiro atoms. The minimum atomic E-state index is -0.998. The molecular formula is C27H31N3O9. The second-order valence-corrected chi connectivity index (χ2v) is 9.22. The number of carbonyl (C=O) groups is 4. The van der Waals surface area contributed by atoms with E-state index in [2.05, 4.69) is 0 Å². The Morgan fingerprint density at radius 3 is 1.92 bits per heavy atom. The number of hydrogen-bond donors (Lipinski definition) is 0. The molecule has 0 saturated heterocycles. The first-order chi connectivity index (χ1) is 18.4. The van der Waals surface area contributed by atoms with Gasteiger partial charge in [0, 0.05) is 57.8 Å². The van der Waals surface area contributed by atoms with E-state index in [0.717, 1.165) is 12.1 Å². The van der Waals surface area contributed by atoms with E-state index >= 15 is 0 Å². The van der Waals surface area contributed by atoms with Crippen LogP contribution in [-0.2, 0) is 32.0 Å². The first-order valence-corrected chi connectivity index (χ1v) is 12.3. The zero-order chi connectivity index (χ0) is 29.0. The summed E-state index contributed by atoms with van der Waals surface area (Å²) in [6.07, 6.45) is 0.916. The number of fused-ring (bicyclic) bond motifs is 2. The number of rotatable bonds is 9. The molecule has 1 aromatic carbocycles. The van der Waals surface area contributed by atoms with Crippen molar-refractivity contribution in [2.24, 2.45) is 0 Å². The maximum Gasteiger partial charge on any atom is 0.374 e. The molecular weight excluding hydrogens is 510 g/mol. The highest BCUT2D eigenvalue weighted by molar-refractivity contribution is 6.01. The number of aryl methyl sites for hydroxylation is 2. The molecule has 0 N–H and O–H groups in total. The molecule has 3 aromatic rings. The second kappa shape index (κ2) is 11.9. The summed E-state index contributed by atoms with van der Waals surface area (Å²) in [5, 5.41) is 0.270. The summed E-state index contributed by atoms with van der Waals surface area (Å²) in [6.45, 7) is 2.84. The van der Waals surface area contributed by atoms with E-state index in [0.29, 0.717) is 23.9 Å². The van der Waals surface area contributed by atoms with Gasteiger partial charge >= 0.3 is 11.9 Å². The van der Waals surface area contributed by atoms with Crippen LogP contribution in [0.15, 0.2) is 32.2 Å². The summed E-state index contributed by atoms with van der Waals surface area (Å²) >= 11 is 0. The monoisotopic (exact) mass is 541 g/mol. The topological polar surface area (TPSA) is 145 Å². The summed E-state index contributed by atoms with van der Waals surface area (Å²) in [4.78, 5) is 78.0. The quantitative estimate of drug-likeness (QED) is 0.291. The zero-order valence-corrected chi connectivity index (χ0v) is 22.8. The third kappa shape index (κ3) is 6.00. The first kappa shape index (κ1) is 29.1. The number of likely N-dealkylation sites (N-methyl/N-ethyl adjacent to an activating group) is 2. The largest absolute Gasteiger partial charge is 0.451 e. The van der Waals surface area contributed by atoms with Crippen molar-refractivity contribution < 1.29 is 33.1 Å². The van der Waals surface area contributed by atoms with E-state index in [1.165, 1.54) is 44.1 Å². The molecule has 0 aliphatic heterocycles. The van der Waals surface area contributed by atoms with Crippen LogP contribution in [0, 0.1) is 0 Å². The average molecular weight is 542 g/mol. The maximum atomic E-state index is 13.2. The number of carbonyl (C=O) groups excluding carboxylic acids is 4. The molecule has 2 amide bonds. The molecule has 2 heterocycles. The Morgan fingerprint density at radius 2 is 1.38 bits per heavy atom. The third-order valence-electron chi connectivity index (χ3n) is 6.06. The summed E-state index contributed by atoms with van der Waals surface area (Å²) in [5.41, 5.74) is -0.309. The number of nitrogens with zero attached hydrogens (tertiary/aromatic N) is 3. The second-order valence-electron chi connectivity index (χ2n) is 9.22. The van der Waals surface area contributed by atoms with Gasteiger partial charge in [0.1, 0.15) is 11.3 Å². The van der Waals surface area contributed by atoms with E-state index in [1.807, 2.05) is 6.92 Å². The predicted molar refractivity (Wildman–Crippen MR) is 142 cm³/mol. The Labute approximate surface area is 223 Å². The lowest BCUT2D eigenvalue weighted by atomic mass is 10.00. The molecule has 208 valence electrons. The molecule has 0 unspecified atom stereocenters. The van der Waals surface area contributed by atoms with Gasteiger partial charge in [-0.3, -0.25) is 19.2 Å². The van der Waals surface area contributed by atoms with Crippen molar-refractivity contribution in [1.29, 1.82) is 0 Å². The van der Waals surface area contributed by atoms with Crippen molar-refractivity contribution in [2.75, 3.05) is 41.4 Å². The van der Waals surface area contributed by atoms with E-state index in [-0.39, 0.29) is 28.6 Å². The van der Waals surface area contributed by atoms with Gasteiger partial charge in [0.15, 0.2) is 24.1 Å². The number of aromatic nitrogens is 1. The first-order valence-electron chi connectivity index (χ1n) is 12.3. The van der Waals surface area contributed by atoms with Crippen LogP contribution in [-0.4, -0.2) is 79.5 Å². The highest BCUT2D eigenvalue weighted by Crippen LogP contribution is 2.29. The van der Waals surface area contributed by atoms with Gasteiger partial charge in [-0.05, 0) is 19.4 Å². The van der Waals surface area contributed by atoms with Crippen LogP contribution in [0.25, 0.3) is 21.9 Å². The smallest absolute Gasteiger partial charge is 0.374 e. The lowest BCUT2D eigenvalue weighted by Gasteiger charge is -2.19. The fraction of sp³-hybridized carbons (Fsp3) is 0.407. The number of hydrogen-bond acceptors (Lipinski definition) is 9. The predicted octanol–water partition coefficient (Wildman–Crippen LogP) is 1.57. The van der Waals surface area contributed by atoms with Gasteiger partial charge < -0.3 is 28.3 Å². The average Bonchev–Trinajstić information content (AvgIpc) is 2.89. The van der Waals surface area contributed by atoms with Crippen LogP contribution in [0.4, 0.5) is 0 Å². The minimum absolute atomic E-state index is 0.0673. The Bertz CT molecular complexity index is 1580. The Balaban J connectivity index is 2.24. The van der Waals surface area contributed by atoms with Gasteiger partial charge in [-0.2, -0.15) is 0 Å². The molecule has 12 heteroatoms. The number of ether oxygens (including phenoxy) is 2. The van der Waals surface area contributed by atoms with Gasteiger partial charge in [-0.1, -0.05) is 13.3 Å². The molecule has 2 aromatic heterocycles. The number of amides is 2. The number of esters is 2. The molecule has 0 fully saturated rings. The van der Waals surface area contributed by atoms with Gasteiger partial charge in [-0.15, -0.1) is 0 Å². The fourth-order valence-electron chi connectivity index (χ4n) is 3.98. The van der Waals surface area contributed by atoms with Crippen LogP contribution >= 0.6 is 0 Å². The van der Waals surface area contributed by atoms with Crippen LogP contribution < -0.4 is 10.9 Å². The van der Waals surface area contributed by atoms with Crippen molar-refractivity contribution in [3.8, 4) is 0 Å². The molecule has 0 radical (unpaired) electrons. The summed E-state index contributed by atoms with van der Waals surface area (Å²) in [7, 11) is 6.06. The maximum absolute atomic E-state index is 13.2. The zero-order valence-electron chi connectivity index (χ0n) is 22.8. The highest BCUT2D eigenvalue weighted by Gasteiger charge is 2.24. The molecule has 39 heavy (non-hydrogen) atoms. The SMILES string of the molecule is CCCc1c2oc(C(=O)OCC(=O)N(C)C)cc(=O)c2cc2c(=O)cc(C(=O)OCC(=O)N(C)C)n(CC)c12. The van der Waals surface area contributed by atoms with Crippen LogP contribution in [0.3, 0.4) is 0 Å². The third-order valence-corrected chi connectivity index (χ3v) is 6.06. The standard InChI is InChI=1S/C27H31N3O9/c1-7-9-15-24-16(19(31)11-18(30(24)8-2)26(35)37-13-22(33)28(3)4)10-17-20(32)12-21(39-25(15)17)27(36)38-14-23(34)29(5)6/h10-12H,7-9,13-14H2,1-6H3. The molecule has 12 nitrogen and oxygen atoms in total. The van der Waals surface area contributed by atoms with Gasteiger partial charge in [0.2, 0.25) is 5.76 Å². The Hall–Kier alpha value is -4.48. The minimum Gasteiger partial charge on any atom is -0.451 e. The molecule has 0 bridgehead atoms. The van der Waals surface area contributed by atoms with Crippen LogP contribution in [0.1, 0.15) is 46.9 Å². The number of pyridine rings is 1. The van der Waals surface area contributed by atoms with E-state index < -0.39 is 53.6 Å².